The Bertz CT molecular complexity index is 813. The van der Waals surface area contributed by atoms with Crippen molar-refractivity contribution in [2.24, 2.45) is 0 Å². The van der Waals surface area contributed by atoms with Gasteiger partial charge >= 0.3 is 0 Å². The van der Waals surface area contributed by atoms with Crippen molar-refractivity contribution in [1.82, 2.24) is 30.3 Å². The van der Waals surface area contributed by atoms with Gasteiger partial charge in [0, 0.05) is 12.5 Å². The number of hydrogen-bond acceptors (Lipinski definition) is 6. The maximum Gasteiger partial charge on any atom is 0.230 e. The van der Waals surface area contributed by atoms with Gasteiger partial charge in [0.25, 0.3) is 0 Å². The Labute approximate surface area is 146 Å². The number of likely N-dealkylation sites (tertiary alicyclic amines) is 1. The van der Waals surface area contributed by atoms with E-state index in [0.717, 1.165) is 31.8 Å². The van der Waals surface area contributed by atoms with E-state index < -0.39 is 0 Å². The SMILES string of the molecule is Cc1ccccc1Cc1nnc(CN2CCCC(c3ncn[nH]3)C2)o1. The quantitative estimate of drug-likeness (QED) is 0.769. The van der Waals surface area contributed by atoms with Crippen LogP contribution >= 0.6 is 0 Å². The van der Waals surface area contributed by atoms with Gasteiger partial charge in [-0.25, -0.2) is 4.98 Å². The normalized spacial score (nSPS) is 18.5. The third-order valence-electron chi connectivity index (χ3n) is 4.80. The molecule has 1 N–H and O–H groups in total. The molecule has 0 amide bonds. The van der Waals surface area contributed by atoms with Gasteiger partial charge in [-0.2, -0.15) is 5.10 Å². The molecular formula is C18H22N6O. The van der Waals surface area contributed by atoms with Crippen molar-refractivity contribution in [3.05, 3.63) is 59.3 Å². The molecule has 130 valence electrons. The van der Waals surface area contributed by atoms with Crippen molar-refractivity contribution in [2.75, 3.05) is 13.1 Å². The molecule has 1 aliphatic heterocycles. The second-order valence-corrected chi connectivity index (χ2v) is 6.64. The summed E-state index contributed by atoms with van der Waals surface area (Å²) in [5.41, 5.74) is 2.47. The fraction of sp³-hybridized carbons (Fsp3) is 0.444. The van der Waals surface area contributed by atoms with Gasteiger partial charge in [-0.05, 0) is 37.4 Å². The van der Waals surface area contributed by atoms with Gasteiger partial charge in [-0.3, -0.25) is 10.00 Å². The van der Waals surface area contributed by atoms with Crippen LogP contribution in [0.2, 0.25) is 0 Å². The number of aryl methyl sites for hydroxylation is 1. The average Bonchev–Trinajstić information content (AvgIpc) is 3.30. The van der Waals surface area contributed by atoms with Crippen LogP contribution in [-0.2, 0) is 13.0 Å². The number of nitrogens with zero attached hydrogens (tertiary/aromatic N) is 5. The number of benzene rings is 1. The van der Waals surface area contributed by atoms with Gasteiger partial charge in [-0.1, -0.05) is 24.3 Å². The van der Waals surface area contributed by atoms with Crippen LogP contribution in [0.4, 0.5) is 0 Å². The third-order valence-corrected chi connectivity index (χ3v) is 4.80. The van der Waals surface area contributed by atoms with E-state index in [1.165, 1.54) is 11.1 Å². The van der Waals surface area contributed by atoms with Crippen molar-refractivity contribution < 1.29 is 4.42 Å². The minimum absolute atomic E-state index is 0.394. The second kappa shape index (κ2) is 7.14. The van der Waals surface area contributed by atoms with Gasteiger partial charge in [0.05, 0.1) is 13.0 Å². The first-order valence-corrected chi connectivity index (χ1v) is 8.71. The molecule has 1 unspecified atom stereocenters. The number of H-pyrrole nitrogens is 1. The molecule has 3 heterocycles. The zero-order chi connectivity index (χ0) is 17.1. The Kier molecular flexibility index (Phi) is 4.56. The van der Waals surface area contributed by atoms with Crippen LogP contribution in [0.3, 0.4) is 0 Å². The molecule has 1 aromatic carbocycles. The zero-order valence-corrected chi connectivity index (χ0v) is 14.4. The van der Waals surface area contributed by atoms with E-state index in [1.807, 2.05) is 12.1 Å². The summed E-state index contributed by atoms with van der Waals surface area (Å²) in [5, 5.41) is 15.4. The highest BCUT2D eigenvalue weighted by Gasteiger charge is 2.24. The molecule has 7 nitrogen and oxygen atoms in total. The zero-order valence-electron chi connectivity index (χ0n) is 14.4. The van der Waals surface area contributed by atoms with E-state index in [1.54, 1.807) is 6.33 Å². The molecule has 1 aliphatic rings. The summed E-state index contributed by atoms with van der Waals surface area (Å²) in [6.07, 6.45) is 4.52. The number of nitrogens with one attached hydrogen (secondary N) is 1. The summed E-state index contributed by atoms with van der Waals surface area (Å²) < 4.78 is 5.87. The van der Waals surface area contributed by atoms with Crippen LogP contribution in [0.5, 0.6) is 0 Å². The molecule has 0 radical (unpaired) electrons. The predicted molar refractivity (Wildman–Crippen MR) is 91.9 cm³/mol. The number of piperidine rings is 1. The molecule has 0 bridgehead atoms. The molecule has 7 heteroatoms. The first-order valence-electron chi connectivity index (χ1n) is 8.71. The number of aromatic amines is 1. The van der Waals surface area contributed by atoms with Crippen molar-refractivity contribution in [1.29, 1.82) is 0 Å². The number of aromatic nitrogens is 5. The molecule has 1 fully saturated rings. The van der Waals surface area contributed by atoms with Gasteiger partial charge in [0.2, 0.25) is 11.8 Å². The lowest BCUT2D eigenvalue weighted by atomic mass is 9.97. The van der Waals surface area contributed by atoms with E-state index in [2.05, 4.69) is 49.3 Å². The smallest absolute Gasteiger partial charge is 0.230 e. The molecule has 3 aromatic rings. The lowest BCUT2D eigenvalue weighted by Crippen LogP contribution is -2.34. The van der Waals surface area contributed by atoms with E-state index >= 15 is 0 Å². The van der Waals surface area contributed by atoms with Gasteiger partial charge in [0.1, 0.15) is 12.2 Å². The Morgan fingerprint density at radius 3 is 2.96 bits per heavy atom. The summed E-state index contributed by atoms with van der Waals surface area (Å²) in [4.78, 5) is 6.64. The largest absolute Gasteiger partial charge is 0.424 e. The third kappa shape index (κ3) is 3.76. The van der Waals surface area contributed by atoms with Gasteiger partial charge in [-0.15, -0.1) is 10.2 Å². The van der Waals surface area contributed by atoms with Crippen LogP contribution in [-0.4, -0.2) is 43.4 Å². The van der Waals surface area contributed by atoms with E-state index in [9.17, 15) is 0 Å². The van der Waals surface area contributed by atoms with E-state index in [4.69, 9.17) is 4.42 Å². The molecule has 2 aromatic heterocycles. The first-order chi connectivity index (χ1) is 12.3. The van der Waals surface area contributed by atoms with E-state index in [0.29, 0.717) is 30.7 Å². The van der Waals surface area contributed by atoms with Crippen LogP contribution < -0.4 is 0 Å². The lowest BCUT2D eigenvalue weighted by Gasteiger charge is -2.30. The fourth-order valence-corrected chi connectivity index (χ4v) is 3.42. The predicted octanol–water partition coefficient (Wildman–Crippen LogP) is 2.47. The van der Waals surface area contributed by atoms with Crippen LogP contribution in [0, 0.1) is 6.92 Å². The standard InChI is InChI=1S/C18H22N6O/c1-13-5-2-3-6-14(13)9-16-21-22-17(25-16)11-24-8-4-7-15(10-24)18-19-12-20-23-18/h2-3,5-6,12,15H,4,7-11H2,1H3,(H,19,20,23). The maximum atomic E-state index is 5.87. The summed E-state index contributed by atoms with van der Waals surface area (Å²) in [6.45, 7) is 4.76. The highest BCUT2D eigenvalue weighted by atomic mass is 16.4. The summed E-state index contributed by atoms with van der Waals surface area (Å²) in [5.74, 6) is 2.72. The molecule has 0 spiro atoms. The van der Waals surface area contributed by atoms with E-state index in [-0.39, 0.29) is 0 Å². The topological polar surface area (TPSA) is 83.7 Å². The summed E-state index contributed by atoms with van der Waals surface area (Å²) in [6, 6.07) is 8.28. The Morgan fingerprint density at radius 1 is 1.24 bits per heavy atom. The molecule has 25 heavy (non-hydrogen) atoms. The van der Waals surface area contributed by atoms with Crippen molar-refractivity contribution in [3.63, 3.8) is 0 Å². The molecule has 0 aliphatic carbocycles. The van der Waals surface area contributed by atoms with Crippen LogP contribution in [0.1, 0.15) is 47.5 Å². The minimum Gasteiger partial charge on any atom is -0.424 e. The molecule has 4 rings (SSSR count). The molecule has 1 atom stereocenters. The average molecular weight is 338 g/mol. The van der Waals surface area contributed by atoms with Gasteiger partial charge < -0.3 is 4.42 Å². The monoisotopic (exact) mass is 338 g/mol. The molecular weight excluding hydrogens is 316 g/mol. The minimum atomic E-state index is 0.394. The molecule has 1 saturated heterocycles. The highest BCUT2D eigenvalue weighted by Crippen LogP contribution is 2.25. The van der Waals surface area contributed by atoms with Crippen LogP contribution in [0.15, 0.2) is 35.0 Å². The van der Waals surface area contributed by atoms with Crippen molar-refractivity contribution >= 4 is 0 Å². The van der Waals surface area contributed by atoms with Crippen LogP contribution in [0.25, 0.3) is 0 Å². The fourth-order valence-electron chi connectivity index (χ4n) is 3.42. The Hall–Kier alpha value is -2.54. The highest BCUT2D eigenvalue weighted by molar-refractivity contribution is 5.27. The number of hydrogen-bond donors (Lipinski definition) is 1. The van der Waals surface area contributed by atoms with Crippen molar-refractivity contribution in [2.45, 2.75) is 38.6 Å². The number of rotatable bonds is 5. The van der Waals surface area contributed by atoms with Crippen molar-refractivity contribution in [3.8, 4) is 0 Å². The Balaban J connectivity index is 1.38. The second-order valence-electron chi connectivity index (χ2n) is 6.64. The first kappa shape index (κ1) is 16.0. The maximum absolute atomic E-state index is 5.87. The molecule has 0 saturated carbocycles. The van der Waals surface area contributed by atoms with Gasteiger partial charge in [0.15, 0.2) is 0 Å². The summed E-state index contributed by atoms with van der Waals surface area (Å²) in [7, 11) is 0. The Morgan fingerprint density at radius 2 is 2.12 bits per heavy atom. The lowest BCUT2D eigenvalue weighted by molar-refractivity contribution is 0.179. The summed E-state index contributed by atoms with van der Waals surface area (Å²) >= 11 is 0.